The second kappa shape index (κ2) is 5.33. The van der Waals surface area contributed by atoms with E-state index in [1.165, 1.54) is 0 Å². The van der Waals surface area contributed by atoms with Gasteiger partial charge in [0.25, 0.3) is 0 Å². The fraction of sp³-hybridized carbons (Fsp3) is 0.389. The summed E-state index contributed by atoms with van der Waals surface area (Å²) in [7, 11) is 0. The number of ketones is 1. The van der Waals surface area contributed by atoms with Gasteiger partial charge in [0.05, 0.1) is 11.1 Å². The van der Waals surface area contributed by atoms with E-state index in [0.717, 1.165) is 23.3 Å². The Morgan fingerprint density at radius 1 is 1.27 bits per heavy atom. The lowest BCUT2D eigenvalue weighted by Crippen LogP contribution is -2.44. The van der Waals surface area contributed by atoms with Crippen molar-refractivity contribution >= 4 is 23.0 Å². The Morgan fingerprint density at radius 3 is 2.59 bits per heavy atom. The van der Waals surface area contributed by atoms with E-state index >= 15 is 0 Å². The van der Waals surface area contributed by atoms with Crippen LogP contribution in [-0.2, 0) is 4.79 Å². The van der Waals surface area contributed by atoms with Crippen LogP contribution in [0, 0.1) is 22.7 Å². The minimum absolute atomic E-state index is 0.0702. The number of hydrogen-bond acceptors (Lipinski definition) is 3. The summed E-state index contributed by atoms with van der Waals surface area (Å²) in [5, 5.41) is 12.7. The summed E-state index contributed by atoms with van der Waals surface area (Å²) in [5.74, 6) is -0.602. The number of benzene rings is 1. The molecular weight excluding hydrogens is 292 g/mol. The first-order valence-electron chi connectivity index (χ1n) is 7.44. The van der Waals surface area contributed by atoms with E-state index in [1.54, 1.807) is 0 Å². The average Bonchev–Trinajstić information content (AvgIpc) is 2.45. The van der Waals surface area contributed by atoms with Crippen LogP contribution in [0.15, 0.2) is 41.6 Å². The van der Waals surface area contributed by atoms with E-state index in [0.29, 0.717) is 11.4 Å². The number of nitriles is 1. The topological polar surface area (TPSA) is 52.9 Å². The van der Waals surface area contributed by atoms with E-state index in [2.05, 4.69) is 25.2 Å². The highest BCUT2D eigenvalue weighted by atomic mass is 32.1. The maximum Gasteiger partial charge on any atom is 0.161 e. The van der Waals surface area contributed by atoms with Crippen LogP contribution in [0.5, 0.6) is 0 Å². The second-order valence-electron chi connectivity index (χ2n) is 6.82. The van der Waals surface area contributed by atoms with Crippen LogP contribution in [0.4, 0.5) is 0 Å². The molecule has 1 aromatic carbocycles. The summed E-state index contributed by atoms with van der Waals surface area (Å²) in [6.07, 6.45) is 1.30. The smallest absolute Gasteiger partial charge is 0.161 e. The van der Waals surface area contributed by atoms with Gasteiger partial charge in [-0.15, -0.1) is 0 Å². The number of hydrogen-bond donors (Lipinski definition) is 1. The van der Waals surface area contributed by atoms with Crippen molar-refractivity contribution in [2.45, 2.75) is 32.6 Å². The highest BCUT2D eigenvalue weighted by Gasteiger charge is 2.44. The summed E-state index contributed by atoms with van der Waals surface area (Å²) in [4.78, 5) is 13.3. The molecule has 1 aliphatic carbocycles. The molecule has 3 rings (SSSR count). The second-order valence-corrected chi connectivity index (χ2v) is 7.26. The van der Waals surface area contributed by atoms with Crippen molar-refractivity contribution in [3.05, 3.63) is 47.2 Å². The van der Waals surface area contributed by atoms with Gasteiger partial charge in [-0.25, -0.2) is 0 Å². The van der Waals surface area contributed by atoms with E-state index in [4.69, 9.17) is 12.2 Å². The van der Waals surface area contributed by atoms with Crippen molar-refractivity contribution in [2.75, 3.05) is 0 Å². The van der Waals surface area contributed by atoms with Crippen molar-refractivity contribution in [3.8, 4) is 6.07 Å². The molecule has 0 saturated carbocycles. The van der Waals surface area contributed by atoms with Gasteiger partial charge < -0.3 is 5.32 Å². The van der Waals surface area contributed by atoms with Gasteiger partial charge in [0.2, 0.25) is 0 Å². The SMILES string of the molecule is CC1(C)CC(=O)C2=C(C1)NC(=S)[C@H](C#N)[C@H]2c1ccccc1. The number of thiocarbonyl (C=S) groups is 1. The molecule has 2 aliphatic rings. The third-order valence-electron chi connectivity index (χ3n) is 4.42. The molecule has 0 unspecified atom stereocenters. The lowest BCUT2D eigenvalue weighted by atomic mass is 9.67. The Hall–Kier alpha value is -1.99. The summed E-state index contributed by atoms with van der Waals surface area (Å²) in [6, 6.07) is 12.0. The minimum Gasteiger partial charge on any atom is -0.352 e. The van der Waals surface area contributed by atoms with Gasteiger partial charge >= 0.3 is 0 Å². The first-order chi connectivity index (χ1) is 10.4. The van der Waals surface area contributed by atoms with Crippen molar-refractivity contribution in [2.24, 2.45) is 11.3 Å². The summed E-state index contributed by atoms with van der Waals surface area (Å²) >= 11 is 5.41. The largest absolute Gasteiger partial charge is 0.352 e. The van der Waals surface area contributed by atoms with E-state index < -0.39 is 5.92 Å². The number of carbonyl (C=O) groups excluding carboxylic acids is 1. The number of nitrogens with zero attached hydrogens (tertiary/aromatic N) is 1. The number of nitrogens with one attached hydrogen (secondary N) is 1. The van der Waals surface area contributed by atoms with Gasteiger partial charge in [0.1, 0.15) is 5.92 Å². The summed E-state index contributed by atoms with van der Waals surface area (Å²) in [5.41, 5.74) is 2.58. The van der Waals surface area contributed by atoms with Crippen LogP contribution in [0.2, 0.25) is 0 Å². The molecule has 4 heteroatoms. The first-order valence-corrected chi connectivity index (χ1v) is 7.85. The fourth-order valence-corrected chi connectivity index (χ4v) is 3.82. The fourth-order valence-electron chi connectivity index (χ4n) is 3.50. The van der Waals surface area contributed by atoms with Crippen LogP contribution in [0.1, 0.15) is 38.2 Å². The van der Waals surface area contributed by atoms with Crippen molar-refractivity contribution in [1.29, 1.82) is 5.26 Å². The minimum atomic E-state index is -0.485. The van der Waals surface area contributed by atoms with Gasteiger partial charge in [-0.3, -0.25) is 4.79 Å². The summed E-state index contributed by atoms with van der Waals surface area (Å²) < 4.78 is 0. The average molecular weight is 310 g/mol. The molecule has 2 atom stereocenters. The van der Waals surface area contributed by atoms with Gasteiger partial charge in [0, 0.05) is 23.6 Å². The Balaban J connectivity index is 2.17. The Labute approximate surface area is 136 Å². The Kier molecular flexibility index (Phi) is 3.62. The molecule has 1 aliphatic heterocycles. The molecule has 1 aromatic rings. The Bertz CT molecular complexity index is 712. The van der Waals surface area contributed by atoms with E-state index in [9.17, 15) is 10.1 Å². The summed E-state index contributed by atoms with van der Waals surface area (Å²) in [6.45, 7) is 4.18. The van der Waals surface area contributed by atoms with E-state index in [-0.39, 0.29) is 17.1 Å². The molecular formula is C18H18N2OS. The molecule has 0 saturated heterocycles. The Morgan fingerprint density at radius 2 is 1.95 bits per heavy atom. The van der Waals surface area contributed by atoms with Crippen LogP contribution >= 0.6 is 12.2 Å². The van der Waals surface area contributed by atoms with Crippen LogP contribution in [0.3, 0.4) is 0 Å². The molecule has 0 amide bonds. The van der Waals surface area contributed by atoms with Gasteiger partial charge in [-0.05, 0) is 17.4 Å². The number of rotatable bonds is 1. The predicted octanol–water partition coefficient (Wildman–Crippen LogP) is 3.48. The molecule has 112 valence electrons. The van der Waals surface area contributed by atoms with Crippen molar-refractivity contribution < 1.29 is 4.79 Å². The van der Waals surface area contributed by atoms with Crippen LogP contribution in [0.25, 0.3) is 0 Å². The normalized spacial score (nSPS) is 27.0. The molecule has 1 heterocycles. The van der Waals surface area contributed by atoms with Crippen molar-refractivity contribution in [3.63, 3.8) is 0 Å². The number of allylic oxidation sites excluding steroid dienone is 2. The maximum atomic E-state index is 12.7. The molecule has 1 N–H and O–H groups in total. The molecule has 0 aromatic heterocycles. The maximum absolute atomic E-state index is 12.7. The highest BCUT2D eigenvalue weighted by Crippen LogP contribution is 2.45. The number of carbonyl (C=O) groups is 1. The lowest BCUT2D eigenvalue weighted by Gasteiger charge is -2.40. The highest BCUT2D eigenvalue weighted by molar-refractivity contribution is 7.80. The lowest BCUT2D eigenvalue weighted by molar-refractivity contribution is -0.118. The third-order valence-corrected chi connectivity index (χ3v) is 4.77. The third kappa shape index (κ3) is 2.46. The standard InChI is InChI=1S/C18H18N2OS/c1-18(2)8-13-16(14(21)9-18)15(11-6-4-3-5-7-11)12(10-19)17(22)20-13/h3-7,12,15H,8-9H2,1-2H3,(H,20,22)/t12-,15-/m1/s1. The van der Waals surface area contributed by atoms with Gasteiger partial charge in [0.15, 0.2) is 5.78 Å². The molecule has 0 radical (unpaired) electrons. The monoisotopic (exact) mass is 310 g/mol. The molecule has 0 fully saturated rings. The molecule has 3 nitrogen and oxygen atoms in total. The molecule has 0 spiro atoms. The van der Waals surface area contributed by atoms with Gasteiger partial charge in [-0.1, -0.05) is 56.4 Å². The van der Waals surface area contributed by atoms with Crippen LogP contribution in [-0.4, -0.2) is 10.8 Å². The van der Waals surface area contributed by atoms with Crippen LogP contribution < -0.4 is 5.32 Å². The number of Topliss-reactive ketones (excluding diaryl/α,β-unsaturated/α-hetero) is 1. The molecule has 0 bridgehead atoms. The predicted molar refractivity (Wildman–Crippen MR) is 89.1 cm³/mol. The molecule has 22 heavy (non-hydrogen) atoms. The first kappa shape index (κ1) is 14.9. The zero-order chi connectivity index (χ0) is 15.9. The zero-order valence-electron chi connectivity index (χ0n) is 12.7. The van der Waals surface area contributed by atoms with Crippen molar-refractivity contribution in [1.82, 2.24) is 5.32 Å². The quantitative estimate of drug-likeness (QED) is 0.807. The zero-order valence-corrected chi connectivity index (χ0v) is 13.5. The van der Waals surface area contributed by atoms with Gasteiger partial charge in [-0.2, -0.15) is 5.26 Å². The van der Waals surface area contributed by atoms with E-state index in [1.807, 2.05) is 30.3 Å².